The molecule has 3 rings (SSSR count). The summed E-state index contributed by atoms with van der Waals surface area (Å²) in [4.78, 5) is 23.8. The van der Waals surface area contributed by atoms with Crippen LogP contribution in [0.2, 0.25) is 0 Å². The Morgan fingerprint density at radius 1 is 0.905 bits per heavy atom. The van der Waals surface area contributed by atoms with E-state index in [9.17, 15) is 9.59 Å². The van der Waals surface area contributed by atoms with Crippen molar-refractivity contribution in [2.24, 2.45) is 5.92 Å². The van der Waals surface area contributed by atoms with Crippen LogP contribution in [0.1, 0.15) is 55.3 Å². The first kappa shape index (κ1) is 14.1. The minimum atomic E-state index is -0.0121. The summed E-state index contributed by atoms with van der Waals surface area (Å²) in [7, 11) is 0. The molecule has 4 heteroatoms. The van der Waals surface area contributed by atoms with Crippen LogP contribution in [-0.4, -0.2) is 17.9 Å². The fourth-order valence-electron chi connectivity index (χ4n) is 2.81. The standard InChI is InChI=1S/C17H22N2O2/c20-16(12-6-7-12)19-15-10-8-13(9-11-15)17(21)18-14-4-2-1-3-5-14/h8-12,14H,1-7H2,(H,18,21)(H,19,20). The van der Waals surface area contributed by atoms with Gasteiger partial charge in [-0.15, -0.1) is 0 Å². The Morgan fingerprint density at radius 2 is 1.57 bits per heavy atom. The maximum atomic E-state index is 12.2. The van der Waals surface area contributed by atoms with Crippen molar-refractivity contribution in [1.29, 1.82) is 0 Å². The van der Waals surface area contributed by atoms with Gasteiger partial charge in [-0.1, -0.05) is 19.3 Å². The van der Waals surface area contributed by atoms with Gasteiger partial charge in [0.05, 0.1) is 0 Å². The predicted octanol–water partition coefficient (Wildman–Crippen LogP) is 3.10. The molecule has 0 unspecified atom stereocenters. The van der Waals surface area contributed by atoms with Crippen molar-refractivity contribution in [2.45, 2.75) is 51.0 Å². The first-order valence-electron chi connectivity index (χ1n) is 7.94. The number of carbonyl (C=O) groups is 2. The second-order valence-electron chi connectivity index (χ2n) is 6.15. The maximum Gasteiger partial charge on any atom is 0.251 e. The number of hydrogen-bond donors (Lipinski definition) is 2. The quantitative estimate of drug-likeness (QED) is 0.893. The van der Waals surface area contributed by atoms with Crippen LogP contribution in [0.3, 0.4) is 0 Å². The van der Waals surface area contributed by atoms with Crippen LogP contribution >= 0.6 is 0 Å². The molecule has 2 aliphatic carbocycles. The van der Waals surface area contributed by atoms with E-state index in [1.807, 2.05) is 0 Å². The van der Waals surface area contributed by atoms with Gasteiger partial charge in [0.25, 0.3) is 5.91 Å². The second-order valence-corrected chi connectivity index (χ2v) is 6.15. The van der Waals surface area contributed by atoms with Crippen LogP contribution in [-0.2, 0) is 4.79 Å². The molecule has 0 bridgehead atoms. The van der Waals surface area contributed by atoms with Crippen LogP contribution in [0.25, 0.3) is 0 Å². The molecule has 21 heavy (non-hydrogen) atoms. The highest BCUT2D eigenvalue weighted by Gasteiger charge is 2.29. The second kappa shape index (κ2) is 6.29. The van der Waals surface area contributed by atoms with Gasteiger partial charge in [0, 0.05) is 23.2 Å². The van der Waals surface area contributed by atoms with Crippen LogP contribution in [0, 0.1) is 5.92 Å². The van der Waals surface area contributed by atoms with Crippen LogP contribution < -0.4 is 10.6 Å². The van der Waals surface area contributed by atoms with E-state index >= 15 is 0 Å². The lowest BCUT2D eigenvalue weighted by molar-refractivity contribution is -0.117. The van der Waals surface area contributed by atoms with Gasteiger partial charge >= 0.3 is 0 Å². The minimum Gasteiger partial charge on any atom is -0.349 e. The van der Waals surface area contributed by atoms with Gasteiger partial charge in [-0.25, -0.2) is 0 Å². The molecule has 4 nitrogen and oxygen atoms in total. The molecule has 2 aliphatic rings. The lowest BCUT2D eigenvalue weighted by atomic mass is 9.95. The highest BCUT2D eigenvalue weighted by atomic mass is 16.2. The average molecular weight is 286 g/mol. The van der Waals surface area contributed by atoms with E-state index in [2.05, 4.69) is 10.6 Å². The normalized spacial score (nSPS) is 19.0. The van der Waals surface area contributed by atoms with E-state index in [0.29, 0.717) is 11.6 Å². The Bertz CT molecular complexity index is 514. The summed E-state index contributed by atoms with van der Waals surface area (Å²) in [6.07, 6.45) is 7.85. The van der Waals surface area contributed by atoms with E-state index in [0.717, 1.165) is 31.4 Å². The fourth-order valence-corrected chi connectivity index (χ4v) is 2.81. The summed E-state index contributed by atoms with van der Waals surface area (Å²) in [5.41, 5.74) is 1.42. The highest BCUT2D eigenvalue weighted by Crippen LogP contribution is 2.30. The van der Waals surface area contributed by atoms with Crippen molar-refractivity contribution in [1.82, 2.24) is 5.32 Å². The molecule has 0 aliphatic heterocycles. The number of hydrogen-bond acceptors (Lipinski definition) is 2. The zero-order valence-electron chi connectivity index (χ0n) is 12.2. The van der Waals surface area contributed by atoms with E-state index in [1.165, 1.54) is 19.3 Å². The molecule has 1 aromatic rings. The van der Waals surface area contributed by atoms with Gasteiger partial charge in [0.1, 0.15) is 0 Å². The number of nitrogens with one attached hydrogen (secondary N) is 2. The Hall–Kier alpha value is -1.84. The molecular formula is C17H22N2O2. The number of carbonyl (C=O) groups excluding carboxylic acids is 2. The van der Waals surface area contributed by atoms with E-state index in [-0.39, 0.29) is 17.7 Å². The number of amides is 2. The first-order chi connectivity index (χ1) is 10.2. The minimum absolute atomic E-state index is 0.0121. The molecule has 112 valence electrons. The van der Waals surface area contributed by atoms with E-state index < -0.39 is 0 Å². The van der Waals surface area contributed by atoms with Crippen molar-refractivity contribution in [3.05, 3.63) is 29.8 Å². The third-order valence-corrected chi connectivity index (χ3v) is 4.30. The Kier molecular flexibility index (Phi) is 4.23. The van der Waals surface area contributed by atoms with Crippen molar-refractivity contribution in [3.8, 4) is 0 Å². The third kappa shape index (κ3) is 3.84. The molecule has 0 spiro atoms. The topological polar surface area (TPSA) is 58.2 Å². The monoisotopic (exact) mass is 286 g/mol. The number of anilines is 1. The fraction of sp³-hybridized carbons (Fsp3) is 0.529. The summed E-state index contributed by atoms with van der Waals surface area (Å²) < 4.78 is 0. The Labute approximate surface area is 125 Å². The van der Waals surface area contributed by atoms with E-state index in [1.54, 1.807) is 24.3 Å². The lowest BCUT2D eigenvalue weighted by Gasteiger charge is -2.22. The predicted molar refractivity (Wildman–Crippen MR) is 82.1 cm³/mol. The zero-order valence-corrected chi connectivity index (χ0v) is 12.2. The van der Waals surface area contributed by atoms with Gasteiger partial charge in [-0.05, 0) is 49.9 Å². The van der Waals surface area contributed by atoms with Crippen molar-refractivity contribution < 1.29 is 9.59 Å². The highest BCUT2D eigenvalue weighted by molar-refractivity contribution is 5.96. The third-order valence-electron chi connectivity index (χ3n) is 4.30. The Morgan fingerprint density at radius 3 is 2.19 bits per heavy atom. The lowest BCUT2D eigenvalue weighted by Crippen LogP contribution is -2.36. The summed E-state index contributed by atoms with van der Waals surface area (Å²) in [5.74, 6) is 0.274. The van der Waals surface area contributed by atoms with Gasteiger partial charge in [-0.2, -0.15) is 0 Å². The molecule has 2 amide bonds. The van der Waals surface area contributed by atoms with Crippen LogP contribution in [0.4, 0.5) is 5.69 Å². The molecule has 0 heterocycles. The van der Waals surface area contributed by atoms with Crippen molar-refractivity contribution in [2.75, 3.05) is 5.32 Å². The summed E-state index contributed by atoms with van der Waals surface area (Å²) >= 11 is 0. The molecule has 0 atom stereocenters. The molecule has 0 saturated heterocycles. The maximum absolute atomic E-state index is 12.2. The molecular weight excluding hydrogens is 264 g/mol. The molecule has 2 N–H and O–H groups in total. The summed E-state index contributed by atoms with van der Waals surface area (Å²) in [6, 6.07) is 7.48. The van der Waals surface area contributed by atoms with Crippen LogP contribution in [0.15, 0.2) is 24.3 Å². The summed E-state index contributed by atoms with van der Waals surface area (Å²) in [6.45, 7) is 0. The average Bonchev–Trinajstić information content (AvgIpc) is 3.33. The van der Waals surface area contributed by atoms with Gasteiger partial charge in [-0.3, -0.25) is 9.59 Å². The smallest absolute Gasteiger partial charge is 0.251 e. The number of rotatable bonds is 4. The van der Waals surface area contributed by atoms with Crippen molar-refractivity contribution >= 4 is 17.5 Å². The largest absolute Gasteiger partial charge is 0.349 e. The zero-order chi connectivity index (χ0) is 14.7. The molecule has 2 saturated carbocycles. The molecule has 2 fully saturated rings. The molecule has 0 aromatic heterocycles. The van der Waals surface area contributed by atoms with Crippen molar-refractivity contribution in [3.63, 3.8) is 0 Å². The Balaban J connectivity index is 1.55. The number of benzene rings is 1. The van der Waals surface area contributed by atoms with Crippen LogP contribution in [0.5, 0.6) is 0 Å². The first-order valence-corrected chi connectivity index (χ1v) is 7.94. The van der Waals surface area contributed by atoms with Gasteiger partial charge < -0.3 is 10.6 Å². The van der Waals surface area contributed by atoms with Gasteiger partial charge in [0.15, 0.2) is 0 Å². The SMILES string of the molecule is O=C(NC1CCCCC1)c1ccc(NC(=O)C2CC2)cc1. The van der Waals surface area contributed by atoms with E-state index in [4.69, 9.17) is 0 Å². The summed E-state index contributed by atoms with van der Waals surface area (Å²) in [5, 5.41) is 5.98. The molecule has 0 radical (unpaired) electrons. The molecule has 1 aromatic carbocycles. The van der Waals surface area contributed by atoms with Gasteiger partial charge in [0.2, 0.25) is 5.91 Å².